The van der Waals surface area contributed by atoms with Crippen molar-refractivity contribution >= 4 is 6.09 Å². The molecule has 0 unspecified atom stereocenters. The standard InChI is InChI=1S/C34H53N3O2/c1-24(2)9-6-10-25(3)29-13-14-30-28-12-11-26-23-27(39-32(38)37(21-7-19-35)22-8-20-36)15-17-33(26,4)31(28)16-18-34(29,30)5/h11,24-25,27-31H,6-10,12-18,21-23H2,1-5H3/t25-,27-,28+,29-,30+,31+,33-,34+/m0/s1. The van der Waals surface area contributed by atoms with Crippen molar-refractivity contribution in [2.45, 2.75) is 124 Å². The lowest BCUT2D eigenvalue weighted by Crippen LogP contribution is -2.51. The fourth-order valence-corrected chi connectivity index (χ4v) is 9.63. The highest BCUT2D eigenvalue weighted by molar-refractivity contribution is 5.68. The summed E-state index contributed by atoms with van der Waals surface area (Å²) < 4.78 is 5.98. The first-order valence-corrected chi connectivity index (χ1v) is 16.0. The van der Waals surface area contributed by atoms with E-state index in [0.29, 0.717) is 18.5 Å². The number of nitrogens with zero attached hydrogens (tertiary/aromatic N) is 3. The first-order chi connectivity index (χ1) is 18.6. The van der Waals surface area contributed by atoms with Gasteiger partial charge in [0, 0.05) is 19.5 Å². The van der Waals surface area contributed by atoms with Crippen LogP contribution >= 0.6 is 0 Å². The molecule has 3 saturated carbocycles. The van der Waals surface area contributed by atoms with Gasteiger partial charge in [-0.3, -0.25) is 0 Å². The number of allylic oxidation sites excluding steroid dienone is 1. The van der Waals surface area contributed by atoms with Crippen LogP contribution in [0.3, 0.4) is 0 Å². The van der Waals surface area contributed by atoms with Crippen LogP contribution in [0.2, 0.25) is 0 Å². The van der Waals surface area contributed by atoms with Crippen LogP contribution in [0.4, 0.5) is 4.79 Å². The summed E-state index contributed by atoms with van der Waals surface area (Å²) >= 11 is 0. The van der Waals surface area contributed by atoms with Gasteiger partial charge < -0.3 is 9.64 Å². The molecule has 0 radical (unpaired) electrons. The fourth-order valence-electron chi connectivity index (χ4n) is 9.63. The lowest BCUT2D eigenvalue weighted by molar-refractivity contribution is -0.0593. The molecule has 0 spiro atoms. The molecule has 0 aromatic rings. The zero-order valence-electron chi connectivity index (χ0n) is 25.4. The van der Waals surface area contributed by atoms with Crippen LogP contribution in [0.1, 0.15) is 118 Å². The number of ether oxygens (including phenoxy) is 1. The van der Waals surface area contributed by atoms with Crippen molar-refractivity contribution in [2.24, 2.45) is 46.3 Å². The van der Waals surface area contributed by atoms with Crippen LogP contribution in [0.25, 0.3) is 0 Å². The molecule has 5 nitrogen and oxygen atoms in total. The van der Waals surface area contributed by atoms with E-state index in [1.807, 2.05) is 0 Å². The van der Waals surface area contributed by atoms with Crippen molar-refractivity contribution in [3.05, 3.63) is 11.6 Å². The van der Waals surface area contributed by atoms with Crippen molar-refractivity contribution in [3.8, 4) is 12.1 Å². The van der Waals surface area contributed by atoms with Gasteiger partial charge in [0.25, 0.3) is 0 Å². The van der Waals surface area contributed by atoms with E-state index in [1.165, 1.54) is 61.8 Å². The molecular weight excluding hydrogens is 482 g/mol. The van der Waals surface area contributed by atoms with Crippen LogP contribution < -0.4 is 0 Å². The third-order valence-corrected chi connectivity index (χ3v) is 11.8. The summed E-state index contributed by atoms with van der Waals surface area (Å²) in [6.45, 7) is 13.1. The van der Waals surface area contributed by atoms with Gasteiger partial charge in [0.05, 0.1) is 25.0 Å². The van der Waals surface area contributed by atoms with Gasteiger partial charge in [-0.25, -0.2) is 4.79 Å². The fraction of sp³-hybridized carbons (Fsp3) is 0.853. The van der Waals surface area contributed by atoms with Crippen LogP contribution in [0.5, 0.6) is 0 Å². The Morgan fingerprint density at radius 2 is 1.74 bits per heavy atom. The first-order valence-electron chi connectivity index (χ1n) is 16.0. The molecule has 0 N–H and O–H groups in total. The lowest BCUT2D eigenvalue weighted by atomic mass is 9.47. The summed E-state index contributed by atoms with van der Waals surface area (Å²) in [6, 6.07) is 4.20. The average Bonchev–Trinajstić information content (AvgIpc) is 3.26. The molecule has 4 aliphatic rings. The summed E-state index contributed by atoms with van der Waals surface area (Å²) in [7, 11) is 0. The number of fused-ring (bicyclic) bond motifs is 5. The molecule has 3 fully saturated rings. The van der Waals surface area contributed by atoms with Crippen molar-refractivity contribution < 1.29 is 9.53 Å². The largest absolute Gasteiger partial charge is 0.446 e. The summed E-state index contributed by atoms with van der Waals surface area (Å²) in [6.07, 6.45) is 16.3. The maximum Gasteiger partial charge on any atom is 0.410 e. The quantitative estimate of drug-likeness (QED) is 0.262. The number of nitriles is 2. The van der Waals surface area contributed by atoms with E-state index >= 15 is 0 Å². The van der Waals surface area contributed by atoms with Gasteiger partial charge in [-0.15, -0.1) is 0 Å². The third-order valence-electron chi connectivity index (χ3n) is 11.8. The SMILES string of the molecule is CC(C)CCC[C@H](C)[C@@H]1CC[C@@H]2[C@H]3CC=C4C[C@@H](OC(=O)N(CCC#N)CCC#N)CC[C@]4(C)[C@@H]3CC[C@@]21C. The monoisotopic (exact) mass is 535 g/mol. The van der Waals surface area contributed by atoms with Crippen LogP contribution in [0, 0.1) is 69.0 Å². The van der Waals surface area contributed by atoms with Crippen LogP contribution in [-0.4, -0.2) is 30.2 Å². The smallest absolute Gasteiger partial charge is 0.410 e. The van der Waals surface area contributed by atoms with E-state index in [4.69, 9.17) is 15.3 Å². The molecule has 1 amide bonds. The number of hydrogen-bond donors (Lipinski definition) is 0. The Balaban J connectivity index is 1.40. The van der Waals surface area contributed by atoms with E-state index in [2.05, 4.69) is 52.8 Å². The molecule has 0 aromatic carbocycles. The van der Waals surface area contributed by atoms with E-state index < -0.39 is 0 Å². The molecule has 4 rings (SSSR count). The Kier molecular flexibility index (Phi) is 9.73. The molecule has 8 atom stereocenters. The van der Waals surface area contributed by atoms with Gasteiger partial charge in [-0.1, -0.05) is 65.5 Å². The zero-order chi connectivity index (χ0) is 28.2. The minimum absolute atomic E-state index is 0.101. The van der Waals surface area contributed by atoms with E-state index in [1.54, 1.807) is 0 Å². The minimum Gasteiger partial charge on any atom is -0.446 e. The van der Waals surface area contributed by atoms with Gasteiger partial charge in [-0.05, 0) is 91.3 Å². The number of carbonyl (C=O) groups is 1. The number of hydrogen-bond acceptors (Lipinski definition) is 4. The second-order valence-electron chi connectivity index (χ2n) is 14.3. The maximum absolute atomic E-state index is 12.9. The van der Waals surface area contributed by atoms with E-state index in [0.717, 1.165) is 54.8 Å². The predicted molar refractivity (Wildman–Crippen MR) is 155 cm³/mol. The normalized spacial score (nSPS) is 36.0. The van der Waals surface area contributed by atoms with Crippen molar-refractivity contribution in [3.63, 3.8) is 0 Å². The highest BCUT2D eigenvalue weighted by atomic mass is 16.6. The highest BCUT2D eigenvalue weighted by Gasteiger charge is 2.59. The van der Waals surface area contributed by atoms with Crippen molar-refractivity contribution in [1.82, 2.24) is 4.90 Å². The molecule has 0 heterocycles. The number of carbonyl (C=O) groups excluding carboxylic acids is 1. The Morgan fingerprint density at radius 3 is 2.41 bits per heavy atom. The molecule has 216 valence electrons. The topological polar surface area (TPSA) is 77.1 Å². The molecule has 39 heavy (non-hydrogen) atoms. The minimum atomic E-state index is -0.365. The van der Waals surface area contributed by atoms with E-state index in [-0.39, 0.29) is 30.5 Å². The van der Waals surface area contributed by atoms with Crippen LogP contribution in [0.15, 0.2) is 11.6 Å². The molecule has 0 bridgehead atoms. The van der Waals surface area contributed by atoms with E-state index in [9.17, 15) is 4.79 Å². The Hall–Kier alpha value is -2.01. The van der Waals surface area contributed by atoms with Crippen molar-refractivity contribution in [1.29, 1.82) is 10.5 Å². The molecule has 5 heteroatoms. The van der Waals surface area contributed by atoms with Gasteiger partial charge in [-0.2, -0.15) is 10.5 Å². The molecule has 0 aliphatic heterocycles. The van der Waals surface area contributed by atoms with Gasteiger partial charge in [0.15, 0.2) is 0 Å². The van der Waals surface area contributed by atoms with Gasteiger partial charge in [0.1, 0.15) is 6.10 Å². The second kappa shape index (κ2) is 12.7. The molecule has 4 aliphatic carbocycles. The Labute approximate surface area is 238 Å². The third kappa shape index (κ3) is 6.19. The van der Waals surface area contributed by atoms with Gasteiger partial charge in [0.2, 0.25) is 0 Å². The van der Waals surface area contributed by atoms with Gasteiger partial charge >= 0.3 is 6.09 Å². The predicted octanol–water partition coefficient (Wildman–Crippen LogP) is 8.66. The van der Waals surface area contributed by atoms with Crippen LogP contribution in [-0.2, 0) is 4.74 Å². The zero-order valence-corrected chi connectivity index (χ0v) is 25.4. The average molecular weight is 536 g/mol. The molecule has 0 aromatic heterocycles. The number of rotatable bonds is 10. The summed E-state index contributed by atoms with van der Waals surface area (Å²) in [5, 5.41) is 17.9. The molecular formula is C34H53N3O2. The summed E-state index contributed by atoms with van der Waals surface area (Å²) in [5.41, 5.74) is 2.26. The first kappa shape index (κ1) is 30.0. The Bertz CT molecular complexity index is 958. The lowest BCUT2D eigenvalue weighted by Gasteiger charge is -2.58. The van der Waals surface area contributed by atoms with Crippen molar-refractivity contribution in [2.75, 3.05) is 13.1 Å². The summed E-state index contributed by atoms with van der Waals surface area (Å²) in [5.74, 6) is 4.95. The maximum atomic E-state index is 12.9. The molecule has 0 saturated heterocycles. The number of amides is 1. The highest BCUT2D eigenvalue weighted by Crippen LogP contribution is 2.67. The summed E-state index contributed by atoms with van der Waals surface area (Å²) in [4.78, 5) is 14.4. The second-order valence-corrected chi connectivity index (χ2v) is 14.3. The Morgan fingerprint density at radius 1 is 1.03 bits per heavy atom.